The fourth-order valence-electron chi connectivity index (χ4n) is 7.69. The molecule has 10 nitrogen and oxygen atoms in total. The van der Waals surface area contributed by atoms with Crippen LogP contribution in [0.3, 0.4) is 0 Å². The molecule has 0 saturated carbocycles. The van der Waals surface area contributed by atoms with Crippen LogP contribution in [0.25, 0.3) is 11.0 Å². The minimum Gasteiger partial charge on any atom is -0.468 e. The molecule has 8 rings (SSSR count). The maximum Gasteiger partial charge on any atom is 0.321 e. The van der Waals surface area contributed by atoms with Crippen LogP contribution in [0.15, 0.2) is 158 Å². The van der Waals surface area contributed by atoms with Crippen molar-refractivity contribution in [2.24, 2.45) is 0 Å². The van der Waals surface area contributed by atoms with E-state index < -0.39 is 42.4 Å². The van der Waals surface area contributed by atoms with Gasteiger partial charge in [0.15, 0.2) is 5.82 Å². The summed E-state index contributed by atoms with van der Waals surface area (Å²) in [4.78, 5) is 18.5. The lowest BCUT2D eigenvalue weighted by Gasteiger charge is -2.46. The molecule has 1 aromatic heterocycles. The number of halogens is 1. The van der Waals surface area contributed by atoms with Gasteiger partial charge in [0.05, 0.1) is 45.7 Å². The number of aryl methyl sites for hydroxylation is 1. The number of carbonyl (C=O) groups is 1. The smallest absolute Gasteiger partial charge is 0.321 e. The maximum atomic E-state index is 13.8. The van der Waals surface area contributed by atoms with E-state index in [4.69, 9.17) is 45.0 Å². The van der Waals surface area contributed by atoms with Gasteiger partial charge in [-0.15, -0.1) is 10.2 Å². The summed E-state index contributed by atoms with van der Waals surface area (Å²) >= 11 is 7.00. The highest BCUT2D eigenvalue weighted by Crippen LogP contribution is 2.41. The van der Waals surface area contributed by atoms with E-state index in [1.54, 1.807) is 6.07 Å². The van der Waals surface area contributed by atoms with Crippen LogP contribution in [0.1, 0.15) is 56.8 Å². The zero-order valence-corrected chi connectivity index (χ0v) is 35.3. The molecule has 1 aliphatic rings. The zero-order chi connectivity index (χ0) is 42.7. The summed E-state index contributed by atoms with van der Waals surface area (Å²) < 4.78 is 39.7. The van der Waals surface area contributed by atoms with Gasteiger partial charge in [-0.1, -0.05) is 151 Å². The standard InChI is InChI=1S/C51H48ClN3O7/c1-34-23-26-42-43(27-34)54-55-50(53-42)45(51(56)57-2)40-28-39(24-25-41(40)52)46-48(60-31-37-19-11-5-12-20-37)49(61-32-38-21-13-6-14-22-38)47(59-30-36-17-9-4-10-18-36)44(62-46)33-58-29-35-15-7-3-8-16-35/h3-28,44-49H,29-33H2,1-2H3. The second-order valence-electron chi connectivity index (χ2n) is 15.3. The molecule has 1 saturated heterocycles. The molecule has 0 spiro atoms. The van der Waals surface area contributed by atoms with Gasteiger partial charge in [0.2, 0.25) is 0 Å². The Morgan fingerprint density at radius 3 is 1.76 bits per heavy atom. The predicted molar refractivity (Wildman–Crippen MR) is 236 cm³/mol. The molecule has 62 heavy (non-hydrogen) atoms. The lowest BCUT2D eigenvalue weighted by Crippen LogP contribution is -2.58. The number of benzene rings is 6. The van der Waals surface area contributed by atoms with Crippen LogP contribution in [-0.2, 0) is 59.6 Å². The molecule has 1 aliphatic heterocycles. The highest BCUT2D eigenvalue weighted by molar-refractivity contribution is 6.31. The van der Waals surface area contributed by atoms with E-state index >= 15 is 0 Å². The number of methoxy groups -OCH3 is 1. The molecule has 2 heterocycles. The Bertz CT molecular complexity index is 2520. The molecular formula is C51H48ClN3O7. The van der Waals surface area contributed by atoms with Gasteiger partial charge in [-0.25, -0.2) is 4.98 Å². The molecule has 6 atom stereocenters. The first kappa shape index (κ1) is 42.8. The van der Waals surface area contributed by atoms with E-state index in [1.165, 1.54) is 7.11 Å². The van der Waals surface area contributed by atoms with Gasteiger partial charge in [0, 0.05) is 5.02 Å². The summed E-state index contributed by atoms with van der Waals surface area (Å²) in [7, 11) is 1.33. The molecule has 0 radical (unpaired) electrons. The van der Waals surface area contributed by atoms with Crippen molar-refractivity contribution in [3.63, 3.8) is 0 Å². The second kappa shape index (κ2) is 20.8. The third-order valence-corrected chi connectivity index (χ3v) is 11.2. The fourth-order valence-corrected chi connectivity index (χ4v) is 7.92. The largest absolute Gasteiger partial charge is 0.468 e. The number of carbonyl (C=O) groups excluding carboxylic acids is 1. The van der Waals surface area contributed by atoms with E-state index in [9.17, 15) is 4.79 Å². The van der Waals surface area contributed by atoms with Crippen LogP contribution in [0.4, 0.5) is 0 Å². The van der Waals surface area contributed by atoms with E-state index in [2.05, 4.69) is 10.2 Å². The molecule has 6 unspecified atom stereocenters. The predicted octanol–water partition coefficient (Wildman–Crippen LogP) is 9.70. The van der Waals surface area contributed by atoms with Gasteiger partial charge in [0.25, 0.3) is 0 Å². The normalized spacial score (nSPS) is 19.2. The molecule has 316 valence electrons. The second-order valence-corrected chi connectivity index (χ2v) is 15.7. The monoisotopic (exact) mass is 849 g/mol. The van der Waals surface area contributed by atoms with Gasteiger partial charge in [-0.3, -0.25) is 4.79 Å². The van der Waals surface area contributed by atoms with Gasteiger partial charge < -0.3 is 28.4 Å². The number of hydrogen-bond acceptors (Lipinski definition) is 10. The molecule has 11 heteroatoms. The average Bonchev–Trinajstić information content (AvgIpc) is 3.31. The van der Waals surface area contributed by atoms with Gasteiger partial charge in [-0.2, -0.15) is 0 Å². The highest BCUT2D eigenvalue weighted by Gasteiger charge is 2.49. The van der Waals surface area contributed by atoms with Gasteiger partial charge in [0.1, 0.15) is 42.0 Å². The molecule has 0 bridgehead atoms. The lowest BCUT2D eigenvalue weighted by atomic mass is 9.88. The Labute approximate surface area is 366 Å². The first-order valence-corrected chi connectivity index (χ1v) is 21.0. The number of nitrogens with zero attached hydrogens (tertiary/aromatic N) is 3. The van der Waals surface area contributed by atoms with Crippen molar-refractivity contribution in [1.82, 2.24) is 15.2 Å². The Kier molecular flexibility index (Phi) is 14.4. The van der Waals surface area contributed by atoms with Crippen molar-refractivity contribution in [2.45, 2.75) is 69.8 Å². The highest BCUT2D eigenvalue weighted by atomic mass is 35.5. The van der Waals surface area contributed by atoms with Gasteiger partial charge in [-0.05, 0) is 64.1 Å². The van der Waals surface area contributed by atoms with Crippen LogP contribution in [0.5, 0.6) is 0 Å². The summed E-state index contributed by atoms with van der Waals surface area (Å²) in [5, 5.41) is 9.16. The number of ether oxygens (including phenoxy) is 6. The number of hydrogen-bond donors (Lipinski definition) is 0. The number of fused-ring (bicyclic) bond motifs is 1. The van der Waals surface area contributed by atoms with Crippen molar-refractivity contribution in [3.05, 3.63) is 208 Å². The number of esters is 1. The van der Waals surface area contributed by atoms with E-state index in [-0.39, 0.29) is 25.6 Å². The molecule has 1 fully saturated rings. The summed E-state index contributed by atoms with van der Waals surface area (Å²) in [5.41, 5.74) is 7.31. The molecule has 0 N–H and O–H groups in total. The van der Waals surface area contributed by atoms with Crippen molar-refractivity contribution in [3.8, 4) is 0 Å². The van der Waals surface area contributed by atoms with Gasteiger partial charge >= 0.3 is 5.97 Å². The van der Waals surface area contributed by atoms with Crippen LogP contribution in [0.2, 0.25) is 5.02 Å². The molecule has 0 amide bonds. The van der Waals surface area contributed by atoms with Crippen molar-refractivity contribution >= 4 is 28.6 Å². The van der Waals surface area contributed by atoms with Crippen LogP contribution in [-0.4, -0.2) is 59.3 Å². The third kappa shape index (κ3) is 10.6. The van der Waals surface area contributed by atoms with Crippen molar-refractivity contribution in [2.75, 3.05) is 13.7 Å². The maximum absolute atomic E-state index is 13.8. The number of rotatable bonds is 17. The minimum atomic E-state index is -1.10. The first-order chi connectivity index (χ1) is 30.4. The summed E-state index contributed by atoms with van der Waals surface area (Å²) in [6, 6.07) is 51.1. The zero-order valence-electron chi connectivity index (χ0n) is 34.6. The van der Waals surface area contributed by atoms with Crippen LogP contribution < -0.4 is 0 Å². The van der Waals surface area contributed by atoms with Crippen molar-refractivity contribution < 1.29 is 33.2 Å². The Morgan fingerprint density at radius 1 is 0.629 bits per heavy atom. The third-order valence-electron chi connectivity index (χ3n) is 10.9. The molecule has 6 aromatic carbocycles. The van der Waals surface area contributed by atoms with E-state index in [0.717, 1.165) is 27.8 Å². The Morgan fingerprint density at radius 2 is 1.18 bits per heavy atom. The topological polar surface area (TPSA) is 111 Å². The lowest BCUT2D eigenvalue weighted by molar-refractivity contribution is -0.275. The summed E-state index contributed by atoms with van der Waals surface area (Å²) in [5.74, 6) is -1.54. The summed E-state index contributed by atoms with van der Waals surface area (Å²) in [6.07, 6.45) is -3.41. The Balaban J connectivity index is 1.21. The van der Waals surface area contributed by atoms with E-state index in [1.807, 2.05) is 159 Å². The molecule has 7 aromatic rings. The van der Waals surface area contributed by atoms with Crippen LogP contribution in [0, 0.1) is 6.92 Å². The minimum absolute atomic E-state index is 0.152. The molecule has 0 aliphatic carbocycles. The Hall–Kier alpha value is -5.85. The average molecular weight is 850 g/mol. The first-order valence-electron chi connectivity index (χ1n) is 20.7. The van der Waals surface area contributed by atoms with Crippen LogP contribution >= 0.6 is 11.6 Å². The molecular weight excluding hydrogens is 802 g/mol. The summed E-state index contributed by atoms with van der Waals surface area (Å²) in [6.45, 7) is 3.37. The fraction of sp³-hybridized carbons (Fsp3) is 0.255. The number of aromatic nitrogens is 3. The SMILES string of the molecule is COC(=O)C(c1nnc2cc(C)ccc2n1)c1cc(C2OC(COCc3ccccc3)C(OCc3ccccc3)C(OCc3ccccc3)C2OCc2ccccc2)ccc1Cl. The quantitative estimate of drug-likeness (QED) is 0.0822. The van der Waals surface area contributed by atoms with E-state index in [0.29, 0.717) is 40.4 Å². The van der Waals surface area contributed by atoms with Crippen molar-refractivity contribution in [1.29, 1.82) is 0 Å².